The molecule has 0 aromatic carbocycles. The molecule has 70 valence electrons. The highest BCUT2D eigenvalue weighted by molar-refractivity contribution is 5.87. The number of ether oxygens (including phenoxy) is 1. The molecule has 0 aliphatic heterocycles. The molecule has 0 bridgehead atoms. The summed E-state index contributed by atoms with van der Waals surface area (Å²) in [5.41, 5.74) is 0. The summed E-state index contributed by atoms with van der Waals surface area (Å²) in [5, 5.41) is 7.87. The van der Waals surface area contributed by atoms with Gasteiger partial charge in [-0.3, -0.25) is 0 Å². The second-order valence-corrected chi connectivity index (χ2v) is 1.60. The van der Waals surface area contributed by atoms with E-state index in [1.54, 1.807) is 12.8 Å². The Kier molecular flexibility index (Phi) is 10.6. The standard InChI is InChI=1S/C5H6O2.C4H4O2/c1-2-3-4-5(6)7;1-3-4(5)6-2/h2H2,1H3,(H,6,7);1H,2H3. The highest BCUT2D eigenvalue weighted by Gasteiger charge is 1.83. The smallest absolute Gasteiger partial charge is 0.383 e. The lowest BCUT2D eigenvalue weighted by molar-refractivity contribution is -0.134. The van der Waals surface area contributed by atoms with Crippen LogP contribution in [0.2, 0.25) is 0 Å². The van der Waals surface area contributed by atoms with E-state index in [4.69, 9.17) is 5.11 Å². The van der Waals surface area contributed by atoms with Crippen LogP contribution < -0.4 is 0 Å². The molecule has 0 spiro atoms. The first-order valence-electron chi connectivity index (χ1n) is 3.34. The molecule has 0 aromatic heterocycles. The Morgan fingerprint density at radius 1 is 1.54 bits per heavy atom. The van der Waals surface area contributed by atoms with E-state index in [0.717, 1.165) is 0 Å². The Bertz CT molecular complexity index is 262. The first-order valence-corrected chi connectivity index (χ1v) is 3.34. The molecule has 0 radical (unpaired) electrons. The van der Waals surface area contributed by atoms with Crippen molar-refractivity contribution in [3.63, 3.8) is 0 Å². The topological polar surface area (TPSA) is 63.6 Å². The van der Waals surface area contributed by atoms with Crippen LogP contribution in [0.15, 0.2) is 0 Å². The summed E-state index contributed by atoms with van der Waals surface area (Å²) in [6.07, 6.45) is 5.16. The average molecular weight is 182 g/mol. The highest BCUT2D eigenvalue weighted by atomic mass is 16.5. The van der Waals surface area contributed by atoms with Crippen molar-refractivity contribution in [3.05, 3.63) is 0 Å². The molecular weight excluding hydrogens is 172 g/mol. The van der Waals surface area contributed by atoms with Crippen LogP contribution in [-0.4, -0.2) is 24.2 Å². The van der Waals surface area contributed by atoms with Gasteiger partial charge in [0.2, 0.25) is 0 Å². The second kappa shape index (κ2) is 10.1. The fraction of sp³-hybridized carbons (Fsp3) is 0.333. The second-order valence-electron chi connectivity index (χ2n) is 1.60. The summed E-state index contributed by atoms with van der Waals surface area (Å²) in [4.78, 5) is 19.3. The van der Waals surface area contributed by atoms with Gasteiger partial charge in [0, 0.05) is 18.3 Å². The molecule has 4 nitrogen and oxygen atoms in total. The molecule has 0 aliphatic carbocycles. The van der Waals surface area contributed by atoms with Crippen molar-refractivity contribution >= 4 is 11.9 Å². The number of rotatable bonds is 0. The summed E-state index contributed by atoms with van der Waals surface area (Å²) in [7, 11) is 1.24. The maximum Gasteiger partial charge on any atom is 0.383 e. The van der Waals surface area contributed by atoms with Crippen molar-refractivity contribution in [2.24, 2.45) is 0 Å². The van der Waals surface area contributed by atoms with E-state index in [0.29, 0.717) is 6.42 Å². The minimum Gasteiger partial charge on any atom is -0.472 e. The van der Waals surface area contributed by atoms with Gasteiger partial charge in [0.1, 0.15) is 0 Å². The van der Waals surface area contributed by atoms with E-state index >= 15 is 0 Å². The summed E-state index contributed by atoms with van der Waals surface area (Å²) < 4.78 is 4.02. The lowest BCUT2D eigenvalue weighted by Gasteiger charge is -1.80. The third kappa shape index (κ3) is 17.8. The molecule has 0 rings (SSSR count). The van der Waals surface area contributed by atoms with E-state index in [9.17, 15) is 9.59 Å². The third-order valence-corrected chi connectivity index (χ3v) is 0.675. The van der Waals surface area contributed by atoms with Crippen LogP contribution >= 0.6 is 0 Å². The van der Waals surface area contributed by atoms with Gasteiger partial charge in [0.25, 0.3) is 0 Å². The van der Waals surface area contributed by atoms with E-state index in [2.05, 4.69) is 17.1 Å². The van der Waals surface area contributed by atoms with E-state index < -0.39 is 11.9 Å². The van der Waals surface area contributed by atoms with Gasteiger partial charge in [0.15, 0.2) is 0 Å². The number of terminal acetylenes is 1. The third-order valence-electron chi connectivity index (χ3n) is 0.675. The van der Waals surface area contributed by atoms with Crippen LogP contribution in [-0.2, 0) is 14.3 Å². The molecule has 0 heterocycles. The molecule has 0 amide bonds. The Hall–Kier alpha value is -1.94. The fourth-order valence-electron chi connectivity index (χ4n) is 0.223. The monoisotopic (exact) mass is 182 g/mol. The molecule has 0 atom stereocenters. The Labute approximate surface area is 76.9 Å². The first kappa shape index (κ1) is 13.6. The minimum absolute atomic E-state index is 0.603. The number of methoxy groups -OCH3 is 1. The summed E-state index contributed by atoms with van der Waals surface area (Å²) in [6, 6.07) is 0. The van der Waals surface area contributed by atoms with Gasteiger partial charge >= 0.3 is 11.9 Å². The number of hydrogen-bond donors (Lipinski definition) is 1. The van der Waals surface area contributed by atoms with Gasteiger partial charge in [-0.05, 0) is 0 Å². The fourth-order valence-corrected chi connectivity index (χ4v) is 0.223. The Morgan fingerprint density at radius 2 is 2.08 bits per heavy atom. The zero-order valence-corrected chi connectivity index (χ0v) is 7.46. The van der Waals surface area contributed by atoms with Crippen molar-refractivity contribution < 1.29 is 19.4 Å². The summed E-state index contributed by atoms with van der Waals surface area (Å²) in [6.45, 7) is 1.80. The Morgan fingerprint density at radius 3 is 2.15 bits per heavy atom. The maximum absolute atomic E-state index is 9.72. The molecular formula is C9H10O4. The van der Waals surface area contributed by atoms with Gasteiger partial charge in [-0.1, -0.05) is 12.8 Å². The van der Waals surface area contributed by atoms with Crippen molar-refractivity contribution in [1.29, 1.82) is 0 Å². The van der Waals surface area contributed by atoms with Crippen molar-refractivity contribution in [2.75, 3.05) is 7.11 Å². The van der Waals surface area contributed by atoms with Crippen molar-refractivity contribution in [1.82, 2.24) is 0 Å². The molecule has 0 fully saturated rings. The molecule has 1 N–H and O–H groups in total. The van der Waals surface area contributed by atoms with Crippen molar-refractivity contribution in [2.45, 2.75) is 13.3 Å². The molecule has 13 heavy (non-hydrogen) atoms. The average Bonchev–Trinajstić information content (AvgIpc) is 2.14. The van der Waals surface area contributed by atoms with Gasteiger partial charge in [-0.2, -0.15) is 0 Å². The first-order chi connectivity index (χ1) is 6.08. The zero-order valence-electron chi connectivity index (χ0n) is 7.46. The van der Waals surface area contributed by atoms with E-state index in [1.807, 2.05) is 5.92 Å². The van der Waals surface area contributed by atoms with Gasteiger partial charge in [0.05, 0.1) is 7.11 Å². The van der Waals surface area contributed by atoms with Crippen LogP contribution in [0.4, 0.5) is 0 Å². The molecule has 0 saturated carbocycles. The van der Waals surface area contributed by atoms with Gasteiger partial charge in [-0.15, -0.1) is 6.42 Å². The predicted molar refractivity (Wildman–Crippen MR) is 46.6 cm³/mol. The number of carbonyl (C=O) groups excluding carboxylic acids is 1. The quantitative estimate of drug-likeness (QED) is 0.332. The minimum atomic E-state index is -1.05. The molecule has 0 aromatic rings. The van der Waals surface area contributed by atoms with E-state index in [1.165, 1.54) is 7.11 Å². The van der Waals surface area contributed by atoms with E-state index in [-0.39, 0.29) is 0 Å². The highest BCUT2D eigenvalue weighted by Crippen LogP contribution is 1.65. The lowest BCUT2D eigenvalue weighted by atomic mass is 10.5. The number of carboxylic acid groups (broad SMARTS) is 1. The van der Waals surface area contributed by atoms with Crippen LogP contribution in [0.3, 0.4) is 0 Å². The number of aliphatic carboxylic acids is 1. The SMILES string of the molecule is C#CC(=O)OC.CCC#CC(=O)O. The van der Waals surface area contributed by atoms with Gasteiger partial charge in [-0.25, -0.2) is 9.59 Å². The normalized spacial score (nSPS) is 6.23. The van der Waals surface area contributed by atoms with Gasteiger partial charge < -0.3 is 9.84 Å². The van der Waals surface area contributed by atoms with Crippen molar-refractivity contribution in [3.8, 4) is 24.2 Å². The summed E-state index contributed by atoms with van der Waals surface area (Å²) >= 11 is 0. The van der Waals surface area contributed by atoms with Crippen LogP contribution in [0.1, 0.15) is 13.3 Å². The number of esters is 1. The lowest BCUT2D eigenvalue weighted by Crippen LogP contribution is -1.92. The molecule has 0 saturated heterocycles. The predicted octanol–water partition coefficient (Wildman–Crippen LogP) is 0.277. The van der Waals surface area contributed by atoms with Crippen LogP contribution in [0.25, 0.3) is 0 Å². The summed E-state index contributed by atoms with van der Waals surface area (Å²) in [5.74, 6) is 4.43. The number of carboxylic acids is 1. The number of hydrogen-bond acceptors (Lipinski definition) is 3. The van der Waals surface area contributed by atoms with Crippen LogP contribution in [0, 0.1) is 24.2 Å². The zero-order chi connectivity index (χ0) is 10.7. The molecule has 4 heteroatoms. The van der Waals surface area contributed by atoms with Crippen LogP contribution in [0.5, 0.6) is 0 Å². The molecule has 0 unspecified atom stereocenters. The largest absolute Gasteiger partial charge is 0.472 e. The number of carbonyl (C=O) groups is 2. The molecule has 0 aliphatic rings. The maximum atomic E-state index is 9.72. The Balaban J connectivity index is 0.